The zero-order valence-corrected chi connectivity index (χ0v) is 5.62. The van der Waals surface area contributed by atoms with Gasteiger partial charge in [-0.3, -0.25) is 0 Å². The van der Waals surface area contributed by atoms with Crippen molar-refractivity contribution < 1.29 is 0 Å². The molecule has 0 bridgehead atoms. The summed E-state index contributed by atoms with van der Waals surface area (Å²) < 4.78 is 0. The largest absolute Gasteiger partial charge is 0.244 e. The van der Waals surface area contributed by atoms with Gasteiger partial charge in [0.1, 0.15) is 6.33 Å². The molecule has 1 aromatic rings. The van der Waals surface area contributed by atoms with Crippen molar-refractivity contribution in [1.29, 1.82) is 0 Å². The quantitative estimate of drug-likeness (QED) is 0.506. The van der Waals surface area contributed by atoms with Crippen molar-refractivity contribution in [2.75, 3.05) is 6.54 Å². The van der Waals surface area contributed by atoms with Crippen LogP contribution in [0.3, 0.4) is 0 Å². The van der Waals surface area contributed by atoms with Crippen LogP contribution in [-0.4, -0.2) is 16.5 Å². The van der Waals surface area contributed by atoms with Crippen LogP contribution < -0.4 is 5.32 Å². The summed E-state index contributed by atoms with van der Waals surface area (Å²) >= 11 is 0. The normalized spacial score (nSPS) is 16.4. The standard InChI is InChI=1S/C7H8N3/c1-2-8-3-6-4-9-5-10-7(1)6/h4-5H,1-3H2. The summed E-state index contributed by atoms with van der Waals surface area (Å²) in [6.07, 6.45) is 4.44. The van der Waals surface area contributed by atoms with Gasteiger partial charge in [-0.1, -0.05) is 0 Å². The Kier molecular flexibility index (Phi) is 1.36. The molecule has 1 aliphatic heterocycles. The van der Waals surface area contributed by atoms with Crippen molar-refractivity contribution in [2.45, 2.75) is 13.0 Å². The lowest BCUT2D eigenvalue weighted by Crippen LogP contribution is -2.18. The molecule has 3 nitrogen and oxygen atoms in total. The van der Waals surface area contributed by atoms with Gasteiger partial charge < -0.3 is 0 Å². The first-order valence-corrected chi connectivity index (χ1v) is 3.38. The lowest BCUT2D eigenvalue weighted by molar-refractivity contribution is 0.613. The molecule has 2 rings (SSSR count). The van der Waals surface area contributed by atoms with E-state index in [4.69, 9.17) is 0 Å². The third kappa shape index (κ3) is 0.885. The molecular weight excluding hydrogens is 126 g/mol. The van der Waals surface area contributed by atoms with E-state index < -0.39 is 0 Å². The maximum atomic E-state index is 4.24. The fourth-order valence-electron chi connectivity index (χ4n) is 1.13. The van der Waals surface area contributed by atoms with Crippen LogP contribution in [0.5, 0.6) is 0 Å². The van der Waals surface area contributed by atoms with Gasteiger partial charge in [0.05, 0.1) is 0 Å². The van der Waals surface area contributed by atoms with Crippen LogP contribution in [-0.2, 0) is 13.0 Å². The summed E-state index contributed by atoms with van der Waals surface area (Å²) in [4.78, 5) is 8.08. The Morgan fingerprint density at radius 2 is 2.40 bits per heavy atom. The van der Waals surface area contributed by atoms with E-state index in [0.717, 1.165) is 19.5 Å². The molecule has 0 saturated carbocycles. The van der Waals surface area contributed by atoms with Crippen molar-refractivity contribution in [3.05, 3.63) is 23.8 Å². The minimum atomic E-state index is 0.802. The van der Waals surface area contributed by atoms with Crippen LogP contribution in [0.4, 0.5) is 0 Å². The Labute approximate surface area is 59.5 Å². The molecule has 0 spiro atoms. The van der Waals surface area contributed by atoms with Crippen LogP contribution in [0.1, 0.15) is 11.3 Å². The molecule has 0 aliphatic carbocycles. The second kappa shape index (κ2) is 2.34. The average Bonchev–Trinajstić information content (AvgIpc) is 2.05. The van der Waals surface area contributed by atoms with Gasteiger partial charge in [-0.25, -0.2) is 15.3 Å². The van der Waals surface area contributed by atoms with Crippen LogP contribution in [0.2, 0.25) is 0 Å². The number of rotatable bonds is 0. The monoisotopic (exact) mass is 134 g/mol. The van der Waals surface area contributed by atoms with Gasteiger partial charge in [-0.2, -0.15) is 0 Å². The average molecular weight is 134 g/mol. The van der Waals surface area contributed by atoms with Crippen LogP contribution in [0.15, 0.2) is 12.5 Å². The van der Waals surface area contributed by atoms with E-state index in [2.05, 4.69) is 15.3 Å². The van der Waals surface area contributed by atoms with Gasteiger partial charge in [0.25, 0.3) is 0 Å². The molecular formula is C7H8N3. The molecule has 1 aliphatic rings. The second-order valence-electron chi connectivity index (χ2n) is 2.35. The molecule has 0 N–H and O–H groups in total. The van der Waals surface area contributed by atoms with E-state index in [1.54, 1.807) is 6.33 Å². The van der Waals surface area contributed by atoms with Gasteiger partial charge in [0, 0.05) is 37.0 Å². The van der Waals surface area contributed by atoms with E-state index in [-0.39, 0.29) is 0 Å². The molecule has 2 heterocycles. The number of nitrogens with zero attached hydrogens (tertiary/aromatic N) is 3. The Morgan fingerprint density at radius 3 is 3.30 bits per heavy atom. The van der Waals surface area contributed by atoms with Crippen LogP contribution >= 0.6 is 0 Å². The van der Waals surface area contributed by atoms with Gasteiger partial charge in [-0.05, 0) is 0 Å². The predicted octanol–water partition coefficient (Wildman–Crippen LogP) is 0.137. The third-order valence-corrected chi connectivity index (χ3v) is 1.67. The maximum Gasteiger partial charge on any atom is 0.115 e. The van der Waals surface area contributed by atoms with Gasteiger partial charge in [0.2, 0.25) is 0 Å². The molecule has 1 radical (unpaired) electrons. The van der Waals surface area contributed by atoms with Gasteiger partial charge >= 0.3 is 0 Å². The fourth-order valence-corrected chi connectivity index (χ4v) is 1.13. The molecule has 0 fully saturated rings. The topological polar surface area (TPSA) is 39.9 Å². The first kappa shape index (κ1) is 5.80. The summed E-state index contributed by atoms with van der Waals surface area (Å²) in [7, 11) is 0. The highest BCUT2D eigenvalue weighted by molar-refractivity contribution is 5.17. The molecule has 3 heteroatoms. The molecule has 1 aromatic heterocycles. The molecule has 0 amide bonds. The molecule has 51 valence electrons. The van der Waals surface area contributed by atoms with Crippen molar-refractivity contribution >= 4 is 0 Å². The fraction of sp³-hybridized carbons (Fsp3) is 0.429. The number of hydrogen-bond donors (Lipinski definition) is 0. The van der Waals surface area contributed by atoms with Crippen molar-refractivity contribution in [2.24, 2.45) is 0 Å². The molecule has 0 atom stereocenters. The molecule has 10 heavy (non-hydrogen) atoms. The molecule has 0 aromatic carbocycles. The lowest BCUT2D eigenvalue weighted by atomic mass is 10.1. The number of aromatic nitrogens is 2. The van der Waals surface area contributed by atoms with Crippen molar-refractivity contribution in [1.82, 2.24) is 15.3 Å². The zero-order valence-electron chi connectivity index (χ0n) is 5.62. The van der Waals surface area contributed by atoms with Crippen molar-refractivity contribution in [3.63, 3.8) is 0 Å². The number of hydrogen-bond acceptors (Lipinski definition) is 2. The Morgan fingerprint density at radius 1 is 1.40 bits per heavy atom. The first-order valence-electron chi connectivity index (χ1n) is 3.38. The smallest absolute Gasteiger partial charge is 0.115 e. The van der Waals surface area contributed by atoms with Crippen molar-refractivity contribution in [3.8, 4) is 0 Å². The third-order valence-electron chi connectivity index (χ3n) is 1.67. The number of fused-ring (bicyclic) bond motifs is 1. The minimum Gasteiger partial charge on any atom is -0.244 e. The van der Waals surface area contributed by atoms with Gasteiger partial charge in [0.15, 0.2) is 0 Å². The first-order chi connectivity index (χ1) is 4.97. The van der Waals surface area contributed by atoms with E-state index in [1.165, 1.54) is 11.3 Å². The zero-order chi connectivity index (χ0) is 6.81. The summed E-state index contributed by atoms with van der Waals surface area (Å²) in [6, 6.07) is 0. The Bertz CT molecular complexity index is 209. The Hall–Kier alpha value is -0.960. The molecule has 0 saturated heterocycles. The van der Waals surface area contributed by atoms with E-state index in [1.807, 2.05) is 6.20 Å². The lowest BCUT2D eigenvalue weighted by Gasteiger charge is -2.12. The SMILES string of the molecule is c1ncc2c(n1)CC[N]C2. The van der Waals surface area contributed by atoms with E-state index >= 15 is 0 Å². The summed E-state index contributed by atoms with van der Waals surface area (Å²) in [6.45, 7) is 1.72. The summed E-state index contributed by atoms with van der Waals surface area (Å²) in [5.74, 6) is 0. The second-order valence-corrected chi connectivity index (χ2v) is 2.35. The maximum absolute atomic E-state index is 4.24. The summed E-state index contributed by atoms with van der Waals surface area (Å²) in [5.41, 5.74) is 2.36. The molecule has 0 unspecified atom stereocenters. The summed E-state index contributed by atoms with van der Waals surface area (Å²) in [5, 5.41) is 4.24. The van der Waals surface area contributed by atoms with Gasteiger partial charge in [-0.15, -0.1) is 0 Å². The predicted molar refractivity (Wildman–Crippen MR) is 36.4 cm³/mol. The Balaban J connectivity index is 2.41. The van der Waals surface area contributed by atoms with Crippen LogP contribution in [0, 0.1) is 0 Å². The minimum absolute atomic E-state index is 0.802. The van der Waals surface area contributed by atoms with Crippen LogP contribution in [0.25, 0.3) is 0 Å². The highest BCUT2D eigenvalue weighted by Gasteiger charge is 2.08. The van der Waals surface area contributed by atoms with E-state index in [0.29, 0.717) is 0 Å². The van der Waals surface area contributed by atoms with E-state index in [9.17, 15) is 0 Å². The highest BCUT2D eigenvalue weighted by Crippen LogP contribution is 2.08. The highest BCUT2D eigenvalue weighted by atomic mass is 14.9.